The Morgan fingerprint density at radius 3 is 2.64 bits per heavy atom. The number of piperazine rings is 1. The molecule has 4 rings (SSSR count). The van der Waals surface area contributed by atoms with Gasteiger partial charge in [-0.2, -0.15) is 0 Å². The van der Waals surface area contributed by atoms with Crippen molar-refractivity contribution in [1.29, 1.82) is 0 Å². The fourth-order valence-electron chi connectivity index (χ4n) is 3.92. The van der Waals surface area contributed by atoms with E-state index in [1.165, 1.54) is 6.20 Å². The zero-order chi connectivity index (χ0) is 19.8. The summed E-state index contributed by atoms with van der Waals surface area (Å²) in [6, 6.07) is 5.41. The van der Waals surface area contributed by atoms with Gasteiger partial charge in [0.25, 0.3) is 5.91 Å². The molecule has 2 amide bonds. The highest BCUT2D eigenvalue weighted by Gasteiger charge is 2.39. The quantitative estimate of drug-likeness (QED) is 0.725. The zero-order valence-corrected chi connectivity index (χ0v) is 17.2. The molecule has 2 aromatic rings. The molecule has 8 heteroatoms. The molecule has 0 bridgehead atoms. The van der Waals surface area contributed by atoms with Gasteiger partial charge in [-0.3, -0.25) is 14.6 Å². The first-order valence-corrected chi connectivity index (χ1v) is 9.75. The van der Waals surface area contributed by atoms with Crippen LogP contribution in [-0.2, 0) is 11.2 Å². The SMILES string of the molecule is COc1cc2c(cc1OC)C1CN(C(=O)c3cncc(Br)c3)CC(=O)N1CC2. The Morgan fingerprint density at radius 2 is 1.93 bits per heavy atom. The fraction of sp³-hybridized carbons (Fsp3) is 0.350. The normalized spacial score (nSPS) is 18.4. The second kappa shape index (κ2) is 7.43. The predicted molar refractivity (Wildman–Crippen MR) is 106 cm³/mol. The number of nitrogens with zero attached hydrogens (tertiary/aromatic N) is 3. The standard InChI is InChI=1S/C20H20BrN3O4/c1-27-17-6-12-3-4-24-16(15(12)7-18(17)28-2)10-23(11-19(24)25)20(26)13-5-14(21)9-22-8-13/h5-9,16H,3-4,10-11H2,1-2H3. The minimum Gasteiger partial charge on any atom is -0.493 e. The minimum atomic E-state index is -0.200. The highest BCUT2D eigenvalue weighted by atomic mass is 79.9. The molecule has 7 nitrogen and oxygen atoms in total. The highest BCUT2D eigenvalue weighted by Crippen LogP contribution is 2.39. The van der Waals surface area contributed by atoms with Crippen LogP contribution in [0.5, 0.6) is 11.5 Å². The van der Waals surface area contributed by atoms with Gasteiger partial charge in [0.15, 0.2) is 11.5 Å². The summed E-state index contributed by atoms with van der Waals surface area (Å²) in [7, 11) is 3.20. The molecule has 0 N–H and O–H groups in total. The maximum atomic E-state index is 13.0. The summed E-state index contributed by atoms with van der Waals surface area (Å²) in [5, 5.41) is 0. The lowest BCUT2D eigenvalue weighted by atomic mass is 9.90. The second-order valence-electron chi connectivity index (χ2n) is 6.84. The van der Waals surface area contributed by atoms with E-state index < -0.39 is 0 Å². The number of hydrogen-bond donors (Lipinski definition) is 0. The number of pyridine rings is 1. The maximum absolute atomic E-state index is 13.0. The molecule has 1 saturated heterocycles. The molecule has 2 aliphatic rings. The van der Waals surface area contributed by atoms with Crippen LogP contribution in [-0.4, -0.2) is 60.5 Å². The number of carbonyl (C=O) groups is 2. The summed E-state index contributed by atoms with van der Waals surface area (Å²) in [5.74, 6) is 1.04. The van der Waals surface area contributed by atoms with E-state index in [0.29, 0.717) is 30.2 Å². The van der Waals surface area contributed by atoms with Gasteiger partial charge in [-0.25, -0.2) is 0 Å². The molecule has 1 unspecified atom stereocenters. The van der Waals surface area contributed by atoms with Crippen molar-refractivity contribution in [2.75, 3.05) is 33.9 Å². The molecule has 0 spiro atoms. The van der Waals surface area contributed by atoms with E-state index in [-0.39, 0.29) is 24.4 Å². The first kappa shape index (κ1) is 18.7. The molecular weight excluding hydrogens is 426 g/mol. The monoisotopic (exact) mass is 445 g/mol. The van der Waals surface area contributed by atoms with Gasteiger partial charge >= 0.3 is 0 Å². The van der Waals surface area contributed by atoms with Crippen LogP contribution in [0.25, 0.3) is 0 Å². The molecule has 0 aliphatic carbocycles. The van der Waals surface area contributed by atoms with Crippen molar-refractivity contribution in [1.82, 2.24) is 14.8 Å². The van der Waals surface area contributed by atoms with Crippen LogP contribution in [0.1, 0.15) is 27.5 Å². The van der Waals surface area contributed by atoms with E-state index >= 15 is 0 Å². The highest BCUT2D eigenvalue weighted by molar-refractivity contribution is 9.10. The molecule has 146 valence electrons. The lowest BCUT2D eigenvalue weighted by Gasteiger charge is -2.44. The smallest absolute Gasteiger partial charge is 0.256 e. The van der Waals surface area contributed by atoms with Crippen molar-refractivity contribution in [2.24, 2.45) is 0 Å². The molecule has 1 aromatic heterocycles. The van der Waals surface area contributed by atoms with Crippen molar-refractivity contribution in [3.63, 3.8) is 0 Å². The van der Waals surface area contributed by atoms with Crippen molar-refractivity contribution in [3.8, 4) is 11.5 Å². The number of ether oxygens (including phenoxy) is 2. The number of fused-ring (bicyclic) bond motifs is 3. The number of hydrogen-bond acceptors (Lipinski definition) is 5. The molecule has 2 aliphatic heterocycles. The Kier molecular flexibility index (Phi) is 4.97. The topological polar surface area (TPSA) is 72.0 Å². The van der Waals surface area contributed by atoms with Crippen LogP contribution in [0.15, 0.2) is 35.1 Å². The summed E-state index contributed by atoms with van der Waals surface area (Å²) in [5.41, 5.74) is 2.58. The Labute approximate surface area is 171 Å². The average Bonchev–Trinajstić information content (AvgIpc) is 2.71. The van der Waals surface area contributed by atoms with Crippen LogP contribution in [0.4, 0.5) is 0 Å². The number of aromatic nitrogens is 1. The summed E-state index contributed by atoms with van der Waals surface area (Å²) < 4.78 is 11.6. The minimum absolute atomic E-state index is 0.0482. The van der Waals surface area contributed by atoms with Crippen molar-refractivity contribution in [3.05, 3.63) is 51.8 Å². The van der Waals surface area contributed by atoms with Crippen molar-refractivity contribution in [2.45, 2.75) is 12.5 Å². The predicted octanol–water partition coefficient (Wildman–Crippen LogP) is 2.44. The number of amides is 2. The second-order valence-corrected chi connectivity index (χ2v) is 7.75. The van der Waals surface area contributed by atoms with Gasteiger partial charge < -0.3 is 19.3 Å². The van der Waals surface area contributed by atoms with Crippen LogP contribution < -0.4 is 9.47 Å². The van der Waals surface area contributed by atoms with Crippen LogP contribution >= 0.6 is 15.9 Å². The van der Waals surface area contributed by atoms with Crippen LogP contribution in [0.3, 0.4) is 0 Å². The number of benzene rings is 1. The van der Waals surface area contributed by atoms with Crippen molar-refractivity contribution >= 4 is 27.7 Å². The molecule has 3 heterocycles. The summed E-state index contributed by atoms with van der Waals surface area (Å²) >= 11 is 3.34. The Balaban J connectivity index is 1.68. The van der Waals surface area contributed by atoms with E-state index in [0.717, 1.165) is 22.0 Å². The molecule has 1 atom stereocenters. The van der Waals surface area contributed by atoms with E-state index in [2.05, 4.69) is 20.9 Å². The van der Waals surface area contributed by atoms with Gasteiger partial charge in [-0.1, -0.05) is 0 Å². The van der Waals surface area contributed by atoms with Crippen molar-refractivity contribution < 1.29 is 19.1 Å². The third-order valence-corrected chi connectivity index (χ3v) is 5.72. The zero-order valence-electron chi connectivity index (χ0n) is 15.6. The summed E-state index contributed by atoms with van der Waals surface area (Å²) in [4.78, 5) is 33.2. The average molecular weight is 446 g/mol. The molecule has 28 heavy (non-hydrogen) atoms. The lowest BCUT2D eigenvalue weighted by Crippen LogP contribution is -2.55. The van der Waals surface area contributed by atoms with E-state index in [9.17, 15) is 9.59 Å². The molecule has 0 saturated carbocycles. The Hall–Kier alpha value is -2.61. The number of methoxy groups -OCH3 is 2. The van der Waals surface area contributed by atoms with Gasteiger partial charge in [0.05, 0.1) is 25.8 Å². The maximum Gasteiger partial charge on any atom is 0.256 e. The van der Waals surface area contributed by atoms with Gasteiger partial charge in [0.2, 0.25) is 5.91 Å². The van der Waals surface area contributed by atoms with Gasteiger partial charge in [0.1, 0.15) is 6.54 Å². The summed E-state index contributed by atoms with van der Waals surface area (Å²) in [6.45, 7) is 1.14. The summed E-state index contributed by atoms with van der Waals surface area (Å²) in [6.07, 6.45) is 3.89. The lowest BCUT2D eigenvalue weighted by molar-refractivity contribution is -0.139. The van der Waals surface area contributed by atoms with Crippen LogP contribution in [0.2, 0.25) is 0 Å². The van der Waals surface area contributed by atoms with E-state index in [1.807, 2.05) is 17.0 Å². The molecule has 1 fully saturated rings. The fourth-order valence-corrected chi connectivity index (χ4v) is 4.28. The first-order chi connectivity index (χ1) is 13.5. The first-order valence-electron chi connectivity index (χ1n) is 8.96. The van der Waals surface area contributed by atoms with Crippen LogP contribution in [0, 0.1) is 0 Å². The number of carbonyl (C=O) groups excluding carboxylic acids is 2. The third kappa shape index (κ3) is 3.22. The van der Waals surface area contributed by atoms with E-state index in [1.54, 1.807) is 31.4 Å². The molecular formula is C20H20BrN3O4. The van der Waals surface area contributed by atoms with Gasteiger partial charge in [0, 0.05) is 30.0 Å². The van der Waals surface area contributed by atoms with Gasteiger partial charge in [-0.05, 0) is 51.7 Å². The Bertz CT molecular complexity index is 949. The van der Waals surface area contributed by atoms with Gasteiger partial charge in [-0.15, -0.1) is 0 Å². The molecule has 0 radical (unpaired) electrons. The Morgan fingerprint density at radius 1 is 1.18 bits per heavy atom. The molecule has 1 aromatic carbocycles. The van der Waals surface area contributed by atoms with E-state index in [4.69, 9.17) is 9.47 Å². The third-order valence-electron chi connectivity index (χ3n) is 5.28. The largest absolute Gasteiger partial charge is 0.493 e. The number of rotatable bonds is 3. The number of halogens is 1.